The highest BCUT2D eigenvalue weighted by Crippen LogP contribution is 2.27. The molecule has 0 fully saturated rings. The quantitative estimate of drug-likeness (QED) is 0.834. The average Bonchev–Trinajstić information content (AvgIpc) is 2.49. The van der Waals surface area contributed by atoms with Crippen LogP contribution in [0.4, 0.5) is 0 Å². The van der Waals surface area contributed by atoms with Gasteiger partial charge < -0.3 is 4.74 Å². The lowest BCUT2D eigenvalue weighted by molar-refractivity contribution is 0.365. The fourth-order valence-corrected chi connectivity index (χ4v) is 1.75. The molecule has 0 amide bonds. The fraction of sp³-hybridized carbons (Fsp3) is 0.636. The molecule has 1 atom stereocenters. The van der Waals surface area contributed by atoms with Gasteiger partial charge in [0.15, 0.2) is 0 Å². The second-order valence-corrected chi connectivity index (χ2v) is 4.02. The van der Waals surface area contributed by atoms with Crippen molar-refractivity contribution in [3.63, 3.8) is 0 Å². The lowest BCUT2D eigenvalue weighted by Crippen LogP contribution is -2.27. The third-order valence-corrected chi connectivity index (χ3v) is 2.33. The molecular weight excluding hydrogens is 204 g/mol. The molecule has 0 aliphatic rings. The van der Waals surface area contributed by atoms with E-state index in [9.17, 15) is 5.26 Å². The smallest absolute Gasteiger partial charge is 0.217 e. The Bertz CT molecular complexity index is 403. The molecule has 0 aliphatic heterocycles. The van der Waals surface area contributed by atoms with Gasteiger partial charge in [0.25, 0.3) is 0 Å². The molecule has 0 saturated heterocycles. The van der Waals surface area contributed by atoms with E-state index in [-0.39, 0.29) is 12.1 Å². The van der Waals surface area contributed by atoms with Crippen molar-refractivity contribution in [3.05, 3.63) is 11.3 Å². The molecule has 88 valence electrons. The Morgan fingerprint density at radius 1 is 1.50 bits per heavy atom. The number of hydrogen-bond donors (Lipinski definition) is 1. The molecule has 0 saturated carbocycles. The van der Waals surface area contributed by atoms with Gasteiger partial charge in [-0.25, -0.2) is 4.68 Å². The van der Waals surface area contributed by atoms with Crippen molar-refractivity contribution in [3.8, 4) is 11.9 Å². The second kappa shape index (κ2) is 4.99. The summed E-state index contributed by atoms with van der Waals surface area (Å²) in [6.45, 7) is 5.88. The van der Waals surface area contributed by atoms with Gasteiger partial charge >= 0.3 is 0 Å². The summed E-state index contributed by atoms with van der Waals surface area (Å²) >= 11 is 0. The predicted molar refractivity (Wildman–Crippen MR) is 61.1 cm³/mol. The summed E-state index contributed by atoms with van der Waals surface area (Å²) in [6, 6.07) is 2.08. The van der Waals surface area contributed by atoms with Crippen LogP contribution in [0, 0.1) is 18.3 Å². The third-order valence-electron chi connectivity index (χ3n) is 2.33. The van der Waals surface area contributed by atoms with Crippen molar-refractivity contribution in [1.82, 2.24) is 15.1 Å². The highest BCUT2D eigenvalue weighted by atomic mass is 16.5. The molecule has 5 nitrogen and oxygen atoms in total. The van der Waals surface area contributed by atoms with Crippen LogP contribution in [0.1, 0.15) is 31.1 Å². The first-order valence-corrected chi connectivity index (χ1v) is 5.24. The summed E-state index contributed by atoms with van der Waals surface area (Å²) in [5.41, 5.74) is 1.64. The monoisotopic (exact) mass is 222 g/mol. The maximum atomic E-state index is 9.18. The zero-order chi connectivity index (χ0) is 12.3. The summed E-state index contributed by atoms with van der Waals surface area (Å²) in [6.07, 6.45) is 0. The molecule has 1 rings (SSSR count). The maximum absolute atomic E-state index is 9.18. The van der Waals surface area contributed by atoms with Crippen molar-refractivity contribution in [2.24, 2.45) is 7.05 Å². The maximum Gasteiger partial charge on any atom is 0.217 e. The van der Waals surface area contributed by atoms with E-state index >= 15 is 0 Å². The second-order valence-electron chi connectivity index (χ2n) is 4.02. The molecule has 16 heavy (non-hydrogen) atoms. The van der Waals surface area contributed by atoms with Crippen LogP contribution in [0.2, 0.25) is 0 Å². The largest absolute Gasteiger partial charge is 0.481 e. The van der Waals surface area contributed by atoms with Crippen LogP contribution in [0.15, 0.2) is 0 Å². The number of aryl methyl sites for hydroxylation is 2. The summed E-state index contributed by atoms with van der Waals surface area (Å²) < 4.78 is 6.92. The van der Waals surface area contributed by atoms with Gasteiger partial charge in [0.2, 0.25) is 5.88 Å². The summed E-state index contributed by atoms with van der Waals surface area (Å²) in [7, 11) is 3.39. The standard InChI is InChI=1S/C11H18N4O/c1-7(2)13-9(6-12)10-8(3)14-15(4)11(10)16-5/h7,9,13H,1-5H3. The molecule has 0 spiro atoms. The summed E-state index contributed by atoms with van der Waals surface area (Å²) in [4.78, 5) is 0. The summed E-state index contributed by atoms with van der Waals surface area (Å²) in [5, 5.41) is 16.6. The minimum absolute atomic E-state index is 0.231. The van der Waals surface area contributed by atoms with Crippen LogP contribution in [0.3, 0.4) is 0 Å². The molecule has 1 aromatic rings. The fourth-order valence-electron chi connectivity index (χ4n) is 1.75. The van der Waals surface area contributed by atoms with Crippen molar-refractivity contribution in [2.45, 2.75) is 32.9 Å². The Kier molecular flexibility index (Phi) is 3.91. The Balaban J connectivity index is 3.14. The van der Waals surface area contributed by atoms with Gasteiger partial charge in [0.05, 0.1) is 24.4 Å². The molecule has 0 radical (unpaired) electrons. The average molecular weight is 222 g/mol. The highest BCUT2D eigenvalue weighted by molar-refractivity contribution is 5.37. The Hall–Kier alpha value is -1.54. The minimum Gasteiger partial charge on any atom is -0.481 e. The van der Waals surface area contributed by atoms with Crippen LogP contribution in [-0.2, 0) is 7.05 Å². The first-order chi connectivity index (χ1) is 7.51. The van der Waals surface area contributed by atoms with E-state index in [0.29, 0.717) is 5.88 Å². The van der Waals surface area contributed by atoms with Gasteiger partial charge in [-0.2, -0.15) is 10.4 Å². The van der Waals surface area contributed by atoms with Crippen molar-refractivity contribution >= 4 is 0 Å². The zero-order valence-corrected chi connectivity index (χ0v) is 10.4. The van der Waals surface area contributed by atoms with Crippen molar-refractivity contribution in [1.29, 1.82) is 5.26 Å². The molecule has 1 heterocycles. The van der Waals surface area contributed by atoms with Gasteiger partial charge in [-0.1, -0.05) is 0 Å². The lowest BCUT2D eigenvalue weighted by Gasteiger charge is -2.15. The van der Waals surface area contributed by atoms with Gasteiger partial charge in [-0.05, 0) is 20.8 Å². The molecular formula is C11H18N4O. The van der Waals surface area contributed by atoms with Crippen LogP contribution in [0.25, 0.3) is 0 Å². The number of methoxy groups -OCH3 is 1. The van der Waals surface area contributed by atoms with E-state index in [1.165, 1.54) is 0 Å². The molecule has 0 aromatic carbocycles. The Morgan fingerprint density at radius 3 is 2.56 bits per heavy atom. The highest BCUT2D eigenvalue weighted by Gasteiger charge is 2.23. The van der Waals surface area contributed by atoms with Gasteiger partial charge in [0.1, 0.15) is 6.04 Å². The van der Waals surface area contributed by atoms with E-state index in [1.807, 2.05) is 20.8 Å². The van der Waals surface area contributed by atoms with E-state index in [2.05, 4.69) is 16.5 Å². The number of hydrogen-bond acceptors (Lipinski definition) is 4. The van der Waals surface area contributed by atoms with Crippen molar-refractivity contribution < 1.29 is 4.74 Å². The number of nitriles is 1. The molecule has 5 heteroatoms. The normalized spacial score (nSPS) is 12.6. The topological polar surface area (TPSA) is 62.9 Å². The number of nitrogens with one attached hydrogen (secondary N) is 1. The number of aromatic nitrogens is 2. The van der Waals surface area contributed by atoms with Crippen LogP contribution in [-0.4, -0.2) is 22.9 Å². The zero-order valence-electron chi connectivity index (χ0n) is 10.4. The van der Waals surface area contributed by atoms with Crippen LogP contribution >= 0.6 is 0 Å². The third kappa shape index (κ3) is 2.34. The summed E-state index contributed by atoms with van der Waals surface area (Å²) in [5.74, 6) is 0.636. The number of nitrogens with zero attached hydrogens (tertiary/aromatic N) is 3. The van der Waals surface area contributed by atoms with E-state index < -0.39 is 0 Å². The molecule has 1 aromatic heterocycles. The molecule has 1 unspecified atom stereocenters. The van der Waals surface area contributed by atoms with E-state index in [0.717, 1.165) is 11.3 Å². The van der Waals surface area contributed by atoms with Crippen LogP contribution < -0.4 is 10.1 Å². The van der Waals surface area contributed by atoms with Gasteiger partial charge in [0, 0.05) is 13.1 Å². The first-order valence-electron chi connectivity index (χ1n) is 5.24. The van der Waals surface area contributed by atoms with Gasteiger partial charge in [-0.3, -0.25) is 5.32 Å². The number of ether oxygens (including phenoxy) is 1. The van der Waals surface area contributed by atoms with E-state index in [1.54, 1.807) is 18.8 Å². The predicted octanol–water partition coefficient (Wildman–Crippen LogP) is 1.30. The van der Waals surface area contributed by atoms with Gasteiger partial charge in [-0.15, -0.1) is 0 Å². The molecule has 1 N–H and O–H groups in total. The first kappa shape index (κ1) is 12.5. The van der Waals surface area contributed by atoms with Crippen molar-refractivity contribution in [2.75, 3.05) is 7.11 Å². The number of rotatable bonds is 4. The SMILES string of the molecule is COc1c(C(C#N)NC(C)C)c(C)nn1C. The van der Waals surface area contributed by atoms with Crippen LogP contribution in [0.5, 0.6) is 5.88 Å². The molecule has 0 aliphatic carbocycles. The minimum atomic E-state index is -0.386. The molecule has 0 bridgehead atoms. The lowest BCUT2D eigenvalue weighted by atomic mass is 10.1. The van der Waals surface area contributed by atoms with E-state index in [4.69, 9.17) is 4.74 Å². The Labute approximate surface area is 96.0 Å². The Morgan fingerprint density at radius 2 is 2.12 bits per heavy atom.